The molecular formula is C16H22FN3O2. The van der Waals surface area contributed by atoms with Crippen LogP contribution in [-0.2, 0) is 9.59 Å². The second kappa shape index (κ2) is 7.35. The van der Waals surface area contributed by atoms with Crippen molar-refractivity contribution in [1.29, 1.82) is 0 Å². The number of halogens is 1. The molecule has 0 unspecified atom stereocenters. The van der Waals surface area contributed by atoms with Crippen molar-refractivity contribution in [1.82, 2.24) is 4.90 Å². The summed E-state index contributed by atoms with van der Waals surface area (Å²) in [4.78, 5) is 25.4. The van der Waals surface area contributed by atoms with Crippen molar-refractivity contribution < 1.29 is 14.0 Å². The molecule has 1 aromatic rings. The maximum absolute atomic E-state index is 13.0. The molecule has 0 aromatic heterocycles. The SMILES string of the molecule is CN(CC(=O)Nc1cccc(F)c1)C(=O)C[C@@H]1CCC[C@H]1N. The first-order valence-corrected chi connectivity index (χ1v) is 7.50. The molecule has 0 spiro atoms. The lowest BCUT2D eigenvalue weighted by Crippen LogP contribution is -2.37. The van der Waals surface area contributed by atoms with E-state index in [1.54, 1.807) is 13.1 Å². The van der Waals surface area contributed by atoms with E-state index < -0.39 is 5.82 Å². The molecule has 22 heavy (non-hydrogen) atoms. The number of nitrogens with one attached hydrogen (secondary N) is 1. The Hall–Kier alpha value is -1.95. The van der Waals surface area contributed by atoms with Gasteiger partial charge in [-0.2, -0.15) is 0 Å². The van der Waals surface area contributed by atoms with Crippen LogP contribution < -0.4 is 11.1 Å². The van der Waals surface area contributed by atoms with E-state index in [1.165, 1.54) is 23.1 Å². The summed E-state index contributed by atoms with van der Waals surface area (Å²) in [6, 6.07) is 5.73. The predicted molar refractivity (Wildman–Crippen MR) is 82.6 cm³/mol. The van der Waals surface area contributed by atoms with E-state index in [0.29, 0.717) is 12.1 Å². The number of carbonyl (C=O) groups excluding carboxylic acids is 2. The van der Waals surface area contributed by atoms with Crippen molar-refractivity contribution in [3.05, 3.63) is 30.1 Å². The van der Waals surface area contributed by atoms with E-state index in [9.17, 15) is 14.0 Å². The lowest BCUT2D eigenvalue weighted by molar-refractivity contribution is -0.134. The van der Waals surface area contributed by atoms with Crippen LogP contribution in [0, 0.1) is 11.7 Å². The topological polar surface area (TPSA) is 75.4 Å². The molecule has 0 bridgehead atoms. The first-order valence-electron chi connectivity index (χ1n) is 7.50. The molecule has 2 amide bonds. The number of amides is 2. The molecule has 1 saturated carbocycles. The van der Waals surface area contributed by atoms with Crippen LogP contribution in [0.5, 0.6) is 0 Å². The molecule has 2 rings (SSSR count). The Kier molecular flexibility index (Phi) is 5.49. The second-order valence-corrected chi connectivity index (χ2v) is 5.87. The average Bonchev–Trinajstić information content (AvgIpc) is 2.84. The molecule has 1 aliphatic rings. The Bertz CT molecular complexity index is 550. The standard InChI is InChI=1S/C16H22FN3O2/c1-20(16(22)8-11-4-2-7-14(11)18)10-15(21)19-13-6-3-5-12(17)9-13/h3,5-6,9,11,14H,2,4,7-8,10,18H2,1H3,(H,19,21)/t11-,14+/m0/s1. The Morgan fingerprint density at radius 1 is 1.41 bits per heavy atom. The molecule has 3 N–H and O–H groups in total. The fourth-order valence-corrected chi connectivity index (χ4v) is 2.77. The molecule has 5 nitrogen and oxygen atoms in total. The maximum Gasteiger partial charge on any atom is 0.243 e. The van der Waals surface area contributed by atoms with Crippen molar-refractivity contribution >= 4 is 17.5 Å². The summed E-state index contributed by atoms with van der Waals surface area (Å²) in [5, 5.41) is 2.57. The van der Waals surface area contributed by atoms with Gasteiger partial charge in [-0.15, -0.1) is 0 Å². The fraction of sp³-hybridized carbons (Fsp3) is 0.500. The van der Waals surface area contributed by atoms with E-state index in [-0.39, 0.29) is 30.3 Å². The number of nitrogens with zero attached hydrogens (tertiary/aromatic N) is 1. The molecule has 120 valence electrons. The number of hydrogen-bond acceptors (Lipinski definition) is 3. The number of nitrogens with two attached hydrogens (primary N) is 1. The summed E-state index contributed by atoms with van der Waals surface area (Å²) >= 11 is 0. The molecule has 0 heterocycles. The molecular weight excluding hydrogens is 285 g/mol. The van der Waals surface area contributed by atoms with Crippen LogP contribution in [0.2, 0.25) is 0 Å². The highest BCUT2D eigenvalue weighted by Crippen LogP contribution is 2.27. The van der Waals surface area contributed by atoms with Gasteiger partial charge in [-0.3, -0.25) is 9.59 Å². The Morgan fingerprint density at radius 2 is 2.18 bits per heavy atom. The van der Waals surface area contributed by atoms with Gasteiger partial charge in [-0.05, 0) is 37.0 Å². The van der Waals surface area contributed by atoms with Gasteiger partial charge < -0.3 is 16.0 Å². The van der Waals surface area contributed by atoms with Gasteiger partial charge in [0.2, 0.25) is 11.8 Å². The third-order valence-electron chi connectivity index (χ3n) is 4.07. The third kappa shape index (κ3) is 4.53. The van der Waals surface area contributed by atoms with Crippen molar-refractivity contribution in [3.8, 4) is 0 Å². The number of rotatable bonds is 5. The van der Waals surface area contributed by atoms with Gasteiger partial charge in [-0.25, -0.2) is 4.39 Å². The number of likely N-dealkylation sites (N-methyl/N-ethyl adjacent to an activating group) is 1. The summed E-state index contributed by atoms with van der Waals surface area (Å²) in [5.74, 6) is -0.646. The Morgan fingerprint density at radius 3 is 2.82 bits per heavy atom. The number of anilines is 1. The second-order valence-electron chi connectivity index (χ2n) is 5.87. The van der Waals surface area contributed by atoms with E-state index >= 15 is 0 Å². The summed E-state index contributed by atoms with van der Waals surface area (Å²) in [7, 11) is 1.59. The largest absolute Gasteiger partial charge is 0.336 e. The van der Waals surface area contributed by atoms with Gasteiger partial charge in [0.15, 0.2) is 0 Å². The van der Waals surface area contributed by atoms with Gasteiger partial charge in [-0.1, -0.05) is 12.5 Å². The molecule has 1 aromatic carbocycles. The van der Waals surface area contributed by atoms with Crippen LogP contribution in [0.15, 0.2) is 24.3 Å². The molecule has 2 atom stereocenters. The van der Waals surface area contributed by atoms with Crippen LogP contribution >= 0.6 is 0 Å². The summed E-state index contributed by atoms with van der Waals surface area (Å²) in [6.07, 6.45) is 3.37. The quantitative estimate of drug-likeness (QED) is 0.870. The van der Waals surface area contributed by atoms with E-state index in [0.717, 1.165) is 19.3 Å². The highest BCUT2D eigenvalue weighted by Gasteiger charge is 2.27. The van der Waals surface area contributed by atoms with Crippen LogP contribution in [0.4, 0.5) is 10.1 Å². The fourth-order valence-electron chi connectivity index (χ4n) is 2.77. The van der Waals surface area contributed by atoms with Crippen molar-refractivity contribution in [2.24, 2.45) is 11.7 Å². The van der Waals surface area contributed by atoms with Crippen molar-refractivity contribution in [3.63, 3.8) is 0 Å². The molecule has 6 heteroatoms. The predicted octanol–water partition coefficient (Wildman–Crippen LogP) is 1.74. The first-order chi connectivity index (χ1) is 10.5. The van der Waals surface area contributed by atoms with Crippen LogP contribution in [0.25, 0.3) is 0 Å². The lowest BCUT2D eigenvalue weighted by atomic mass is 9.99. The molecule has 0 saturated heterocycles. The van der Waals surface area contributed by atoms with Gasteiger partial charge in [0.1, 0.15) is 5.82 Å². The van der Waals surface area contributed by atoms with Gasteiger partial charge >= 0.3 is 0 Å². The van der Waals surface area contributed by atoms with Crippen LogP contribution in [0.1, 0.15) is 25.7 Å². The first kappa shape index (κ1) is 16.4. The number of carbonyl (C=O) groups is 2. The zero-order valence-electron chi connectivity index (χ0n) is 12.7. The van der Waals surface area contributed by atoms with Crippen molar-refractivity contribution in [2.45, 2.75) is 31.7 Å². The molecule has 1 aliphatic carbocycles. The normalized spacial score (nSPS) is 20.7. The average molecular weight is 307 g/mol. The van der Waals surface area contributed by atoms with Gasteiger partial charge in [0.25, 0.3) is 0 Å². The van der Waals surface area contributed by atoms with E-state index in [4.69, 9.17) is 5.73 Å². The van der Waals surface area contributed by atoms with Crippen LogP contribution in [-0.4, -0.2) is 36.3 Å². The zero-order chi connectivity index (χ0) is 16.1. The zero-order valence-corrected chi connectivity index (χ0v) is 12.7. The van der Waals surface area contributed by atoms with Crippen LogP contribution in [0.3, 0.4) is 0 Å². The Labute approximate surface area is 129 Å². The van der Waals surface area contributed by atoms with Gasteiger partial charge in [0, 0.05) is 25.2 Å². The third-order valence-corrected chi connectivity index (χ3v) is 4.07. The van der Waals surface area contributed by atoms with Gasteiger partial charge in [0.05, 0.1) is 6.54 Å². The van der Waals surface area contributed by atoms with E-state index in [1.807, 2.05) is 0 Å². The molecule has 0 aliphatic heterocycles. The minimum absolute atomic E-state index is 0.0582. The van der Waals surface area contributed by atoms with Crippen molar-refractivity contribution in [2.75, 3.05) is 18.9 Å². The highest BCUT2D eigenvalue weighted by atomic mass is 19.1. The maximum atomic E-state index is 13.0. The lowest BCUT2D eigenvalue weighted by Gasteiger charge is -2.20. The Balaban J connectivity index is 1.81. The minimum Gasteiger partial charge on any atom is -0.336 e. The molecule has 0 radical (unpaired) electrons. The summed E-state index contributed by atoms with van der Waals surface area (Å²) in [5.41, 5.74) is 6.34. The number of hydrogen-bond donors (Lipinski definition) is 2. The smallest absolute Gasteiger partial charge is 0.243 e. The highest BCUT2D eigenvalue weighted by molar-refractivity contribution is 5.94. The van der Waals surface area contributed by atoms with E-state index in [2.05, 4.69) is 5.32 Å². The monoisotopic (exact) mass is 307 g/mol. The minimum atomic E-state index is -0.419. The number of benzene rings is 1. The summed E-state index contributed by atoms with van der Waals surface area (Å²) in [6.45, 7) is -0.0582. The molecule has 1 fully saturated rings. The summed E-state index contributed by atoms with van der Waals surface area (Å²) < 4.78 is 13.0.